The predicted molar refractivity (Wildman–Crippen MR) is 65.2 cm³/mol. The van der Waals surface area contributed by atoms with Gasteiger partial charge in [0.1, 0.15) is 5.82 Å². The normalized spacial score (nSPS) is 11.8. The van der Waals surface area contributed by atoms with E-state index < -0.39 is 11.9 Å². The summed E-state index contributed by atoms with van der Waals surface area (Å²) in [6, 6.07) is 7.02. The molecule has 0 saturated carbocycles. The van der Waals surface area contributed by atoms with Crippen LogP contribution in [0.3, 0.4) is 0 Å². The molecule has 0 aliphatic rings. The van der Waals surface area contributed by atoms with Gasteiger partial charge in [-0.1, -0.05) is 12.1 Å². The molecule has 7 heteroatoms. The third-order valence-corrected chi connectivity index (χ3v) is 2.79. The molecule has 108 valence electrons. The Morgan fingerprint density at radius 2 is 1.95 bits per heavy atom. The molecule has 1 aromatic carbocycles. The minimum absolute atomic E-state index is 0.218. The molecule has 0 radical (unpaired) electrons. The molecule has 20 heavy (non-hydrogen) atoms. The summed E-state index contributed by atoms with van der Waals surface area (Å²) in [5.74, 6) is -0.343. The molecule has 3 nitrogen and oxygen atoms in total. The van der Waals surface area contributed by atoms with Gasteiger partial charge in [0.05, 0.1) is 5.69 Å². The second-order valence-electron chi connectivity index (χ2n) is 4.38. The van der Waals surface area contributed by atoms with Crippen molar-refractivity contribution in [1.29, 1.82) is 0 Å². The van der Waals surface area contributed by atoms with Crippen LogP contribution in [-0.4, -0.2) is 9.78 Å². The zero-order chi connectivity index (χ0) is 14.8. The van der Waals surface area contributed by atoms with Gasteiger partial charge in [0, 0.05) is 20.1 Å². The average Bonchev–Trinajstić information content (AvgIpc) is 2.71. The number of benzene rings is 1. The summed E-state index contributed by atoms with van der Waals surface area (Å²) in [6.07, 6.45) is -4.45. The molecule has 0 fully saturated rings. The van der Waals surface area contributed by atoms with Crippen molar-refractivity contribution in [3.05, 3.63) is 53.1 Å². The van der Waals surface area contributed by atoms with Crippen LogP contribution in [-0.2, 0) is 26.3 Å². The largest absolute Gasteiger partial charge is 0.435 e. The van der Waals surface area contributed by atoms with Crippen LogP contribution in [0.25, 0.3) is 0 Å². The van der Waals surface area contributed by atoms with Crippen LogP contribution in [0.4, 0.5) is 17.6 Å². The van der Waals surface area contributed by atoms with Crippen molar-refractivity contribution in [1.82, 2.24) is 15.1 Å². The molecule has 0 atom stereocenters. The Bertz CT molecular complexity index is 590. The lowest BCUT2D eigenvalue weighted by Crippen LogP contribution is -2.15. The number of aryl methyl sites for hydroxylation is 1. The van der Waals surface area contributed by atoms with Crippen LogP contribution in [0.2, 0.25) is 0 Å². The first-order valence-corrected chi connectivity index (χ1v) is 5.91. The van der Waals surface area contributed by atoms with E-state index in [0.29, 0.717) is 12.2 Å². The lowest BCUT2D eigenvalue weighted by atomic mass is 10.2. The fourth-order valence-corrected chi connectivity index (χ4v) is 1.79. The number of nitrogens with zero attached hydrogens (tertiary/aromatic N) is 2. The molecule has 0 spiro atoms. The molecule has 1 N–H and O–H groups in total. The summed E-state index contributed by atoms with van der Waals surface area (Å²) in [5.41, 5.74) is 0.222. The lowest BCUT2D eigenvalue weighted by Gasteiger charge is -2.05. The third kappa shape index (κ3) is 3.57. The Hall–Kier alpha value is -1.89. The molecule has 2 rings (SSSR count). The summed E-state index contributed by atoms with van der Waals surface area (Å²) < 4.78 is 51.6. The highest BCUT2D eigenvalue weighted by Crippen LogP contribution is 2.28. The number of halogens is 4. The molecule has 1 heterocycles. The van der Waals surface area contributed by atoms with Gasteiger partial charge < -0.3 is 5.32 Å². The van der Waals surface area contributed by atoms with Crippen LogP contribution in [0.5, 0.6) is 0 Å². The highest BCUT2D eigenvalue weighted by Gasteiger charge is 2.34. The second kappa shape index (κ2) is 5.62. The molecule has 2 aromatic rings. The van der Waals surface area contributed by atoms with E-state index in [-0.39, 0.29) is 12.4 Å². The lowest BCUT2D eigenvalue weighted by molar-refractivity contribution is -0.141. The predicted octanol–water partition coefficient (Wildman–Crippen LogP) is 2.87. The maximum atomic E-state index is 12.9. The maximum Gasteiger partial charge on any atom is 0.435 e. The first-order valence-electron chi connectivity index (χ1n) is 5.91. The number of rotatable bonds is 4. The Labute approximate surface area is 113 Å². The Kier molecular flexibility index (Phi) is 4.08. The van der Waals surface area contributed by atoms with Crippen molar-refractivity contribution < 1.29 is 17.6 Å². The molecular weight excluding hydrogens is 274 g/mol. The van der Waals surface area contributed by atoms with E-state index in [1.165, 1.54) is 23.9 Å². The summed E-state index contributed by atoms with van der Waals surface area (Å²) >= 11 is 0. The Morgan fingerprint density at radius 3 is 2.55 bits per heavy atom. The number of nitrogens with one attached hydrogen (secondary N) is 1. The van der Waals surface area contributed by atoms with Crippen molar-refractivity contribution in [2.45, 2.75) is 19.3 Å². The zero-order valence-electron chi connectivity index (χ0n) is 10.7. The number of alkyl halides is 3. The van der Waals surface area contributed by atoms with E-state index in [1.54, 1.807) is 12.1 Å². The van der Waals surface area contributed by atoms with Gasteiger partial charge in [-0.3, -0.25) is 4.68 Å². The van der Waals surface area contributed by atoms with Gasteiger partial charge in [-0.05, 0) is 23.8 Å². The minimum Gasteiger partial charge on any atom is -0.307 e. The van der Waals surface area contributed by atoms with E-state index in [1.807, 2.05) is 0 Å². The Morgan fingerprint density at radius 1 is 1.20 bits per heavy atom. The van der Waals surface area contributed by atoms with E-state index in [2.05, 4.69) is 10.4 Å². The molecule has 0 aliphatic carbocycles. The third-order valence-electron chi connectivity index (χ3n) is 2.79. The van der Waals surface area contributed by atoms with Crippen molar-refractivity contribution in [3.63, 3.8) is 0 Å². The van der Waals surface area contributed by atoms with Gasteiger partial charge in [0.25, 0.3) is 0 Å². The first kappa shape index (κ1) is 14.5. The molecule has 0 bridgehead atoms. The van der Waals surface area contributed by atoms with E-state index in [4.69, 9.17) is 0 Å². The van der Waals surface area contributed by atoms with E-state index in [0.717, 1.165) is 11.6 Å². The smallest absolute Gasteiger partial charge is 0.307 e. The molecule has 0 amide bonds. The molecule has 0 aliphatic heterocycles. The highest BCUT2D eigenvalue weighted by atomic mass is 19.4. The van der Waals surface area contributed by atoms with Crippen LogP contribution in [0.1, 0.15) is 17.0 Å². The van der Waals surface area contributed by atoms with Crippen molar-refractivity contribution in [2.75, 3.05) is 0 Å². The fraction of sp³-hybridized carbons (Fsp3) is 0.308. The SMILES string of the molecule is Cn1nc(C(F)(F)F)cc1CNCc1cccc(F)c1. The maximum absolute atomic E-state index is 12.9. The van der Waals surface area contributed by atoms with Gasteiger partial charge in [-0.25, -0.2) is 4.39 Å². The zero-order valence-corrected chi connectivity index (χ0v) is 10.7. The number of aromatic nitrogens is 2. The van der Waals surface area contributed by atoms with Crippen LogP contribution >= 0.6 is 0 Å². The quantitative estimate of drug-likeness (QED) is 0.876. The van der Waals surface area contributed by atoms with Gasteiger partial charge in [-0.2, -0.15) is 18.3 Å². The monoisotopic (exact) mass is 287 g/mol. The minimum atomic E-state index is -4.45. The van der Waals surface area contributed by atoms with Gasteiger partial charge in [0.15, 0.2) is 5.69 Å². The van der Waals surface area contributed by atoms with Crippen molar-refractivity contribution >= 4 is 0 Å². The summed E-state index contributed by atoms with van der Waals surface area (Å²) in [7, 11) is 1.45. The highest BCUT2D eigenvalue weighted by molar-refractivity contribution is 5.17. The van der Waals surface area contributed by atoms with Gasteiger partial charge in [-0.15, -0.1) is 0 Å². The van der Waals surface area contributed by atoms with E-state index >= 15 is 0 Å². The first-order chi connectivity index (χ1) is 9.36. The summed E-state index contributed by atoms with van der Waals surface area (Å²) in [6.45, 7) is 0.584. The van der Waals surface area contributed by atoms with E-state index in [9.17, 15) is 17.6 Å². The van der Waals surface area contributed by atoms with Gasteiger partial charge in [0.2, 0.25) is 0 Å². The fourth-order valence-electron chi connectivity index (χ4n) is 1.79. The van der Waals surface area contributed by atoms with Crippen molar-refractivity contribution in [2.24, 2.45) is 7.05 Å². The van der Waals surface area contributed by atoms with Crippen LogP contribution in [0, 0.1) is 5.82 Å². The van der Waals surface area contributed by atoms with Crippen LogP contribution in [0.15, 0.2) is 30.3 Å². The molecular formula is C13H13F4N3. The number of hydrogen-bond donors (Lipinski definition) is 1. The Balaban J connectivity index is 1.96. The summed E-state index contributed by atoms with van der Waals surface area (Å²) in [5, 5.41) is 6.37. The van der Waals surface area contributed by atoms with Gasteiger partial charge >= 0.3 is 6.18 Å². The topological polar surface area (TPSA) is 29.9 Å². The molecule has 0 unspecified atom stereocenters. The van der Waals surface area contributed by atoms with Crippen molar-refractivity contribution in [3.8, 4) is 0 Å². The second-order valence-corrected chi connectivity index (χ2v) is 4.38. The molecule has 0 saturated heterocycles. The standard InChI is InChI=1S/C13H13F4N3/c1-20-11(6-12(19-20)13(15,16)17)8-18-7-9-3-2-4-10(14)5-9/h2-6,18H,7-8H2,1H3. The number of hydrogen-bond acceptors (Lipinski definition) is 2. The summed E-state index contributed by atoms with van der Waals surface area (Å²) in [4.78, 5) is 0. The van der Waals surface area contributed by atoms with Crippen LogP contribution < -0.4 is 5.32 Å². The molecule has 1 aromatic heterocycles. The average molecular weight is 287 g/mol.